The lowest BCUT2D eigenvalue weighted by Crippen LogP contribution is -2.21. The Balaban J connectivity index is 2.48. The number of hydrogen-bond donors (Lipinski definition) is 1. The first kappa shape index (κ1) is 12.9. The first-order valence-electron chi connectivity index (χ1n) is 5.66. The van der Waals surface area contributed by atoms with Gasteiger partial charge in [-0.3, -0.25) is 4.68 Å². The van der Waals surface area contributed by atoms with Crippen molar-refractivity contribution in [3.05, 3.63) is 46.7 Å². The van der Waals surface area contributed by atoms with Crippen molar-refractivity contribution in [3.63, 3.8) is 0 Å². The van der Waals surface area contributed by atoms with Gasteiger partial charge in [-0.2, -0.15) is 5.10 Å². The fourth-order valence-corrected chi connectivity index (χ4v) is 2.22. The Morgan fingerprint density at radius 1 is 1.39 bits per heavy atom. The standard InChI is InChI=1S/C13H16ClN3O/c1-15-13(11-6-7-16-17(11)2)10-5-4-9(14)8-12(10)18-3/h4-8,13,15H,1-3H3. The van der Waals surface area contributed by atoms with E-state index in [4.69, 9.17) is 16.3 Å². The van der Waals surface area contributed by atoms with E-state index in [1.807, 2.05) is 43.0 Å². The van der Waals surface area contributed by atoms with Crippen LogP contribution < -0.4 is 10.1 Å². The molecule has 5 heteroatoms. The maximum Gasteiger partial charge on any atom is 0.125 e. The number of nitrogens with one attached hydrogen (secondary N) is 1. The van der Waals surface area contributed by atoms with Gasteiger partial charge in [0.15, 0.2) is 0 Å². The smallest absolute Gasteiger partial charge is 0.125 e. The topological polar surface area (TPSA) is 39.1 Å². The van der Waals surface area contributed by atoms with Gasteiger partial charge in [0.25, 0.3) is 0 Å². The van der Waals surface area contributed by atoms with Gasteiger partial charge >= 0.3 is 0 Å². The molecule has 96 valence electrons. The summed E-state index contributed by atoms with van der Waals surface area (Å²) in [5.74, 6) is 0.767. The summed E-state index contributed by atoms with van der Waals surface area (Å²) in [7, 11) is 5.47. The van der Waals surface area contributed by atoms with Crippen molar-refractivity contribution in [3.8, 4) is 5.75 Å². The highest BCUT2D eigenvalue weighted by atomic mass is 35.5. The van der Waals surface area contributed by atoms with Crippen molar-refractivity contribution in [2.24, 2.45) is 7.05 Å². The first-order chi connectivity index (χ1) is 8.67. The molecule has 1 unspecified atom stereocenters. The van der Waals surface area contributed by atoms with E-state index in [0.29, 0.717) is 5.02 Å². The summed E-state index contributed by atoms with van der Waals surface area (Å²) in [6.45, 7) is 0. The monoisotopic (exact) mass is 265 g/mol. The predicted octanol–water partition coefficient (Wildman–Crippen LogP) is 2.39. The average molecular weight is 266 g/mol. The summed E-state index contributed by atoms with van der Waals surface area (Å²) < 4.78 is 7.24. The molecule has 18 heavy (non-hydrogen) atoms. The second kappa shape index (κ2) is 5.42. The molecule has 0 aliphatic carbocycles. The molecule has 1 atom stereocenters. The molecule has 1 N–H and O–H groups in total. The average Bonchev–Trinajstić information content (AvgIpc) is 2.78. The predicted molar refractivity (Wildman–Crippen MR) is 72.1 cm³/mol. The van der Waals surface area contributed by atoms with Crippen LogP contribution in [0.25, 0.3) is 0 Å². The van der Waals surface area contributed by atoms with E-state index in [-0.39, 0.29) is 6.04 Å². The van der Waals surface area contributed by atoms with E-state index in [1.165, 1.54) is 0 Å². The van der Waals surface area contributed by atoms with Crippen LogP contribution in [0.15, 0.2) is 30.5 Å². The Morgan fingerprint density at radius 3 is 2.72 bits per heavy atom. The molecular formula is C13H16ClN3O. The number of halogens is 1. The third-order valence-electron chi connectivity index (χ3n) is 2.95. The SMILES string of the molecule is CNC(c1ccc(Cl)cc1OC)c1ccnn1C. The van der Waals surface area contributed by atoms with Crippen molar-refractivity contribution < 1.29 is 4.74 Å². The van der Waals surface area contributed by atoms with Crippen LogP contribution in [0.5, 0.6) is 5.75 Å². The Morgan fingerprint density at radius 2 is 2.17 bits per heavy atom. The zero-order valence-corrected chi connectivity index (χ0v) is 11.4. The number of ether oxygens (including phenoxy) is 1. The third kappa shape index (κ3) is 2.35. The normalized spacial score (nSPS) is 12.4. The third-order valence-corrected chi connectivity index (χ3v) is 3.18. The number of benzene rings is 1. The zero-order valence-electron chi connectivity index (χ0n) is 10.6. The van der Waals surface area contributed by atoms with Crippen LogP contribution in [0.3, 0.4) is 0 Å². The Hall–Kier alpha value is -1.52. The lowest BCUT2D eigenvalue weighted by atomic mass is 10.0. The minimum atomic E-state index is 0.0183. The fraction of sp³-hybridized carbons (Fsp3) is 0.308. The number of hydrogen-bond acceptors (Lipinski definition) is 3. The summed E-state index contributed by atoms with van der Waals surface area (Å²) in [4.78, 5) is 0. The maximum absolute atomic E-state index is 5.98. The van der Waals surface area contributed by atoms with Crippen molar-refractivity contribution in [1.29, 1.82) is 0 Å². The lowest BCUT2D eigenvalue weighted by molar-refractivity contribution is 0.404. The molecule has 0 aliphatic heterocycles. The zero-order chi connectivity index (χ0) is 13.1. The van der Waals surface area contributed by atoms with Crippen LogP contribution in [0.2, 0.25) is 5.02 Å². The van der Waals surface area contributed by atoms with Crippen LogP contribution in [0, 0.1) is 0 Å². The Bertz CT molecular complexity index is 539. The Labute approximate surface area is 112 Å². The van der Waals surface area contributed by atoms with E-state index in [1.54, 1.807) is 13.3 Å². The van der Waals surface area contributed by atoms with E-state index in [9.17, 15) is 0 Å². The molecule has 0 fully saturated rings. The summed E-state index contributed by atoms with van der Waals surface area (Å²) in [5.41, 5.74) is 2.10. The minimum absolute atomic E-state index is 0.0183. The van der Waals surface area contributed by atoms with E-state index in [2.05, 4.69) is 10.4 Å². The number of nitrogens with zero attached hydrogens (tertiary/aromatic N) is 2. The van der Waals surface area contributed by atoms with Gasteiger partial charge in [-0.1, -0.05) is 17.7 Å². The number of aromatic nitrogens is 2. The van der Waals surface area contributed by atoms with E-state index >= 15 is 0 Å². The molecule has 0 amide bonds. The molecule has 2 aromatic rings. The molecule has 1 heterocycles. The Kier molecular flexibility index (Phi) is 3.89. The van der Waals surface area contributed by atoms with Crippen LogP contribution >= 0.6 is 11.6 Å². The second-order valence-electron chi connectivity index (χ2n) is 3.99. The van der Waals surface area contributed by atoms with Crippen molar-refractivity contribution in [2.75, 3.05) is 14.2 Å². The molecular weight excluding hydrogens is 250 g/mol. The van der Waals surface area contributed by atoms with Gasteiger partial charge in [0.2, 0.25) is 0 Å². The minimum Gasteiger partial charge on any atom is -0.496 e. The summed E-state index contributed by atoms with van der Waals surface area (Å²) in [5, 5.41) is 8.13. The molecule has 0 spiro atoms. The van der Waals surface area contributed by atoms with Crippen LogP contribution in [-0.4, -0.2) is 23.9 Å². The quantitative estimate of drug-likeness (QED) is 0.923. The largest absolute Gasteiger partial charge is 0.496 e. The number of rotatable bonds is 4. The second-order valence-corrected chi connectivity index (χ2v) is 4.42. The lowest BCUT2D eigenvalue weighted by Gasteiger charge is -2.19. The van der Waals surface area contributed by atoms with Crippen molar-refractivity contribution in [2.45, 2.75) is 6.04 Å². The summed E-state index contributed by atoms with van der Waals surface area (Å²) in [6.07, 6.45) is 1.78. The van der Waals surface area contributed by atoms with Crippen molar-refractivity contribution in [1.82, 2.24) is 15.1 Å². The van der Waals surface area contributed by atoms with Crippen LogP contribution in [0.4, 0.5) is 0 Å². The molecule has 0 bridgehead atoms. The van der Waals surface area contributed by atoms with Crippen LogP contribution in [0.1, 0.15) is 17.3 Å². The highest BCUT2D eigenvalue weighted by Gasteiger charge is 2.19. The van der Waals surface area contributed by atoms with Crippen molar-refractivity contribution >= 4 is 11.6 Å². The van der Waals surface area contributed by atoms with Gasteiger partial charge in [-0.25, -0.2) is 0 Å². The molecule has 0 saturated heterocycles. The number of methoxy groups -OCH3 is 1. The molecule has 0 radical (unpaired) electrons. The highest BCUT2D eigenvalue weighted by Crippen LogP contribution is 2.31. The summed E-state index contributed by atoms with van der Waals surface area (Å²) >= 11 is 5.98. The molecule has 4 nitrogen and oxygen atoms in total. The first-order valence-corrected chi connectivity index (χ1v) is 6.03. The maximum atomic E-state index is 5.98. The van der Waals surface area contributed by atoms with Crippen LogP contribution in [-0.2, 0) is 7.05 Å². The fourth-order valence-electron chi connectivity index (χ4n) is 2.05. The number of aryl methyl sites for hydroxylation is 1. The van der Waals surface area contributed by atoms with E-state index in [0.717, 1.165) is 17.0 Å². The molecule has 1 aromatic heterocycles. The highest BCUT2D eigenvalue weighted by molar-refractivity contribution is 6.30. The molecule has 0 saturated carbocycles. The van der Waals surface area contributed by atoms with Gasteiger partial charge < -0.3 is 10.1 Å². The molecule has 1 aromatic carbocycles. The van der Waals surface area contributed by atoms with Gasteiger partial charge in [-0.05, 0) is 25.2 Å². The summed E-state index contributed by atoms with van der Waals surface area (Å²) in [6, 6.07) is 7.65. The molecule has 2 rings (SSSR count). The van der Waals surface area contributed by atoms with Gasteiger partial charge in [0.05, 0.1) is 18.8 Å². The van der Waals surface area contributed by atoms with E-state index < -0.39 is 0 Å². The van der Waals surface area contributed by atoms with Gasteiger partial charge in [0, 0.05) is 23.8 Å². The van der Waals surface area contributed by atoms with Gasteiger partial charge in [0.1, 0.15) is 5.75 Å². The van der Waals surface area contributed by atoms with Gasteiger partial charge in [-0.15, -0.1) is 0 Å². The molecule has 0 aliphatic rings.